The van der Waals surface area contributed by atoms with E-state index in [9.17, 15) is 12.8 Å². The maximum absolute atomic E-state index is 13.4. The van der Waals surface area contributed by atoms with E-state index in [2.05, 4.69) is 4.98 Å². The Hall–Kier alpha value is -1.99. The van der Waals surface area contributed by atoms with E-state index < -0.39 is 15.8 Å². The van der Waals surface area contributed by atoms with Crippen LogP contribution in [0.25, 0.3) is 0 Å². The van der Waals surface area contributed by atoms with Crippen LogP contribution in [0.1, 0.15) is 18.4 Å². The Bertz CT molecular complexity index is 827. The molecule has 1 unspecified atom stereocenters. The fourth-order valence-electron chi connectivity index (χ4n) is 2.96. The van der Waals surface area contributed by atoms with Crippen LogP contribution in [0.15, 0.2) is 47.6 Å². The lowest BCUT2D eigenvalue weighted by Gasteiger charge is -2.31. The van der Waals surface area contributed by atoms with Crippen LogP contribution in [0.2, 0.25) is 0 Å². The highest BCUT2D eigenvalue weighted by Crippen LogP contribution is 2.25. The number of hydrogen-bond donors (Lipinski definition) is 0. The first-order valence-corrected chi connectivity index (χ1v) is 9.70. The number of benzene rings is 1. The summed E-state index contributed by atoms with van der Waals surface area (Å²) in [5.41, 5.74) is 0.329. The van der Waals surface area contributed by atoms with Gasteiger partial charge in [0.15, 0.2) is 0 Å². The molecule has 0 N–H and O–H groups in total. The van der Waals surface area contributed by atoms with Crippen molar-refractivity contribution < 1.29 is 17.5 Å². The minimum Gasteiger partial charge on any atom is -0.493 e. The predicted octanol–water partition coefficient (Wildman–Crippen LogP) is 3.01. The van der Waals surface area contributed by atoms with Gasteiger partial charge in [-0.2, -0.15) is 4.31 Å². The zero-order valence-corrected chi connectivity index (χ0v) is 14.9. The molecule has 0 radical (unpaired) electrons. The lowest BCUT2D eigenvalue weighted by atomic mass is 10.0. The molecule has 2 aromatic rings. The Labute approximate surface area is 147 Å². The number of halogens is 1. The molecule has 1 fully saturated rings. The first-order chi connectivity index (χ1) is 12.0. The van der Waals surface area contributed by atoms with Gasteiger partial charge >= 0.3 is 0 Å². The molecule has 0 spiro atoms. The van der Waals surface area contributed by atoms with Crippen molar-refractivity contribution in [1.29, 1.82) is 0 Å². The van der Waals surface area contributed by atoms with Gasteiger partial charge in [0.25, 0.3) is 0 Å². The highest BCUT2D eigenvalue weighted by atomic mass is 32.2. The topological polar surface area (TPSA) is 59.5 Å². The first-order valence-electron chi connectivity index (χ1n) is 8.26. The minimum atomic E-state index is -3.62. The molecule has 7 heteroatoms. The van der Waals surface area contributed by atoms with Crippen LogP contribution < -0.4 is 4.74 Å². The first kappa shape index (κ1) is 17.8. The van der Waals surface area contributed by atoms with E-state index in [0.717, 1.165) is 18.6 Å². The smallest absolute Gasteiger partial charge is 0.243 e. The van der Waals surface area contributed by atoms with Gasteiger partial charge in [0.2, 0.25) is 10.0 Å². The molecule has 1 atom stereocenters. The standard InChI is InChI=1S/C18H21FN2O3S/c1-14-11-17(4-5-18(14)19)25(22,23)21-10-2-3-15(12-21)13-24-16-6-8-20-9-7-16/h4-9,11,15H,2-3,10,12-13H2,1H3. The Balaban J connectivity index is 1.68. The number of piperidine rings is 1. The second-order valence-corrected chi connectivity index (χ2v) is 8.21. The van der Waals surface area contributed by atoms with E-state index in [0.29, 0.717) is 25.3 Å². The van der Waals surface area contributed by atoms with Crippen molar-refractivity contribution in [2.24, 2.45) is 5.92 Å². The van der Waals surface area contributed by atoms with Crippen LogP contribution in [0.4, 0.5) is 4.39 Å². The Morgan fingerprint density at radius 2 is 2.04 bits per heavy atom. The highest BCUT2D eigenvalue weighted by Gasteiger charge is 2.30. The summed E-state index contributed by atoms with van der Waals surface area (Å²) in [6.45, 7) is 2.91. The maximum Gasteiger partial charge on any atom is 0.243 e. The minimum absolute atomic E-state index is 0.123. The molecule has 1 aromatic heterocycles. The summed E-state index contributed by atoms with van der Waals surface area (Å²) in [5.74, 6) is 0.448. The van der Waals surface area contributed by atoms with E-state index in [1.807, 2.05) is 0 Å². The average Bonchev–Trinajstić information content (AvgIpc) is 2.63. The summed E-state index contributed by atoms with van der Waals surface area (Å²) < 4.78 is 46.3. The second-order valence-electron chi connectivity index (χ2n) is 6.28. The van der Waals surface area contributed by atoms with Crippen molar-refractivity contribution in [3.05, 3.63) is 54.1 Å². The van der Waals surface area contributed by atoms with Crippen LogP contribution in [0.3, 0.4) is 0 Å². The molecule has 0 aliphatic carbocycles. The SMILES string of the molecule is Cc1cc(S(=O)(=O)N2CCCC(COc3ccncc3)C2)ccc1F. The van der Waals surface area contributed by atoms with Gasteiger partial charge in [-0.1, -0.05) is 0 Å². The van der Waals surface area contributed by atoms with Gasteiger partial charge in [-0.3, -0.25) is 4.98 Å². The summed E-state index contributed by atoms with van der Waals surface area (Å²) in [6, 6.07) is 7.48. The molecule has 1 aromatic carbocycles. The van der Waals surface area contributed by atoms with Gasteiger partial charge in [-0.25, -0.2) is 12.8 Å². The predicted molar refractivity (Wildman–Crippen MR) is 92.4 cm³/mol. The van der Waals surface area contributed by atoms with Crippen molar-refractivity contribution in [3.8, 4) is 5.75 Å². The largest absolute Gasteiger partial charge is 0.493 e. The zero-order chi connectivity index (χ0) is 17.9. The number of rotatable bonds is 5. The van der Waals surface area contributed by atoms with E-state index in [1.54, 1.807) is 31.5 Å². The van der Waals surface area contributed by atoms with E-state index in [1.165, 1.54) is 22.5 Å². The molecule has 1 saturated heterocycles. The van der Waals surface area contributed by atoms with Crippen molar-refractivity contribution in [2.75, 3.05) is 19.7 Å². The Kier molecular flexibility index (Phi) is 5.34. The Morgan fingerprint density at radius 1 is 1.28 bits per heavy atom. The molecule has 2 heterocycles. The molecule has 0 amide bonds. The summed E-state index contributed by atoms with van der Waals surface area (Å²) in [7, 11) is -3.62. The van der Waals surface area contributed by atoms with Crippen LogP contribution in [-0.4, -0.2) is 37.4 Å². The Morgan fingerprint density at radius 3 is 2.76 bits per heavy atom. The lowest BCUT2D eigenvalue weighted by molar-refractivity contribution is 0.180. The van der Waals surface area contributed by atoms with Gasteiger partial charge in [-0.05, 0) is 55.7 Å². The maximum atomic E-state index is 13.4. The number of aryl methyl sites for hydroxylation is 1. The fourth-order valence-corrected chi connectivity index (χ4v) is 4.60. The summed E-state index contributed by atoms with van der Waals surface area (Å²) in [5, 5.41) is 0. The van der Waals surface area contributed by atoms with Gasteiger partial charge in [0, 0.05) is 31.4 Å². The van der Waals surface area contributed by atoms with Gasteiger partial charge in [-0.15, -0.1) is 0 Å². The van der Waals surface area contributed by atoms with Crippen molar-refractivity contribution in [2.45, 2.75) is 24.7 Å². The molecular formula is C18H21FN2O3S. The number of ether oxygens (including phenoxy) is 1. The molecule has 1 aliphatic rings. The molecule has 0 bridgehead atoms. The average molecular weight is 364 g/mol. The summed E-state index contributed by atoms with van der Waals surface area (Å²) in [6.07, 6.45) is 5.01. The fraction of sp³-hybridized carbons (Fsp3) is 0.389. The summed E-state index contributed by atoms with van der Waals surface area (Å²) >= 11 is 0. The third kappa shape index (κ3) is 4.16. The monoisotopic (exact) mass is 364 g/mol. The number of pyridine rings is 1. The molecule has 5 nitrogen and oxygen atoms in total. The highest BCUT2D eigenvalue weighted by molar-refractivity contribution is 7.89. The molecule has 25 heavy (non-hydrogen) atoms. The number of nitrogens with zero attached hydrogens (tertiary/aromatic N) is 2. The number of sulfonamides is 1. The van der Waals surface area contributed by atoms with Crippen molar-refractivity contribution >= 4 is 10.0 Å². The normalized spacial score (nSPS) is 18.9. The van der Waals surface area contributed by atoms with Gasteiger partial charge < -0.3 is 4.74 Å². The van der Waals surface area contributed by atoms with Crippen LogP contribution in [-0.2, 0) is 10.0 Å². The van der Waals surface area contributed by atoms with Crippen molar-refractivity contribution in [3.63, 3.8) is 0 Å². The number of aromatic nitrogens is 1. The van der Waals surface area contributed by atoms with Crippen LogP contribution >= 0.6 is 0 Å². The molecule has 1 aliphatic heterocycles. The van der Waals surface area contributed by atoms with Gasteiger partial charge in [0.1, 0.15) is 11.6 Å². The van der Waals surface area contributed by atoms with E-state index >= 15 is 0 Å². The second kappa shape index (κ2) is 7.49. The third-order valence-electron chi connectivity index (χ3n) is 4.38. The number of hydrogen-bond acceptors (Lipinski definition) is 4. The van der Waals surface area contributed by atoms with E-state index in [4.69, 9.17) is 4.74 Å². The lowest BCUT2D eigenvalue weighted by Crippen LogP contribution is -2.41. The zero-order valence-electron chi connectivity index (χ0n) is 14.1. The van der Waals surface area contributed by atoms with Gasteiger partial charge in [0.05, 0.1) is 11.5 Å². The molecule has 3 rings (SSSR count). The third-order valence-corrected chi connectivity index (χ3v) is 6.25. The van der Waals surface area contributed by atoms with E-state index in [-0.39, 0.29) is 10.8 Å². The van der Waals surface area contributed by atoms with Crippen LogP contribution in [0.5, 0.6) is 5.75 Å². The quantitative estimate of drug-likeness (QED) is 0.818. The van der Waals surface area contributed by atoms with Crippen LogP contribution in [0, 0.1) is 18.7 Å². The molecule has 134 valence electrons. The molecule has 0 saturated carbocycles. The van der Waals surface area contributed by atoms with Crippen molar-refractivity contribution in [1.82, 2.24) is 9.29 Å². The summed E-state index contributed by atoms with van der Waals surface area (Å²) in [4.78, 5) is 4.08. The molecular weight excluding hydrogens is 343 g/mol.